The maximum absolute atomic E-state index is 4.16. The molecule has 2 heterocycles. The maximum Gasteiger partial charge on any atom is 0.152 e. The first-order valence-electron chi connectivity index (χ1n) is 3.48. The number of halogens is 1. The van der Waals surface area contributed by atoms with Gasteiger partial charge in [0, 0.05) is 19.4 Å². The molecule has 0 bridgehead atoms. The van der Waals surface area contributed by atoms with Crippen molar-refractivity contribution in [1.82, 2.24) is 14.6 Å². The molecular formula is C7H7BrN4. The van der Waals surface area contributed by atoms with Crippen molar-refractivity contribution in [3.63, 3.8) is 0 Å². The van der Waals surface area contributed by atoms with Crippen LogP contribution in [0.4, 0.5) is 5.82 Å². The van der Waals surface area contributed by atoms with E-state index < -0.39 is 0 Å². The van der Waals surface area contributed by atoms with E-state index in [1.165, 1.54) is 0 Å². The summed E-state index contributed by atoms with van der Waals surface area (Å²) in [5.41, 5.74) is 0.958. The predicted octanol–water partition coefficient (Wildman–Crippen LogP) is 1.53. The molecule has 0 aliphatic heterocycles. The molecule has 5 heteroatoms. The molecule has 0 spiro atoms. The van der Waals surface area contributed by atoms with Gasteiger partial charge >= 0.3 is 0 Å². The van der Waals surface area contributed by atoms with Gasteiger partial charge in [0.05, 0.1) is 10.7 Å². The van der Waals surface area contributed by atoms with E-state index in [9.17, 15) is 0 Å². The Kier molecular flexibility index (Phi) is 1.73. The average molecular weight is 227 g/mol. The van der Waals surface area contributed by atoms with Gasteiger partial charge in [0.15, 0.2) is 5.82 Å². The maximum atomic E-state index is 4.16. The first kappa shape index (κ1) is 7.54. The third-order valence-corrected chi connectivity index (χ3v) is 2.20. The number of fused-ring (bicyclic) bond motifs is 1. The van der Waals surface area contributed by atoms with E-state index in [1.54, 1.807) is 23.1 Å². The van der Waals surface area contributed by atoms with Crippen LogP contribution in [0, 0.1) is 0 Å². The molecular weight excluding hydrogens is 220 g/mol. The fourth-order valence-corrected chi connectivity index (χ4v) is 1.55. The van der Waals surface area contributed by atoms with Crippen LogP contribution >= 0.6 is 15.9 Å². The largest absolute Gasteiger partial charge is 0.371 e. The highest BCUT2D eigenvalue weighted by Gasteiger charge is 2.05. The second-order valence-electron chi connectivity index (χ2n) is 2.31. The third-order valence-electron chi connectivity index (χ3n) is 1.62. The lowest BCUT2D eigenvalue weighted by molar-refractivity contribution is 0.947. The number of anilines is 1. The lowest BCUT2D eigenvalue weighted by atomic mass is 10.5. The third kappa shape index (κ3) is 0.972. The number of hydrogen-bond donors (Lipinski definition) is 1. The van der Waals surface area contributed by atoms with Crippen LogP contribution in [0.15, 0.2) is 23.1 Å². The molecule has 0 fully saturated rings. The lowest BCUT2D eigenvalue weighted by Crippen LogP contribution is -1.96. The summed E-state index contributed by atoms with van der Waals surface area (Å²) < 4.78 is 2.71. The molecule has 0 saturated heterocycles. The van der Waals surface area contributed by atoms with E-state index >= 15 is 0 Å². The van der Waals surface area contributed by atoms with Gasteiger partial charge in [-0.1, -0.05) is 0 Å². The summed E-state index contributed by atoms with van der Waals surface area (Å²) in [6.07, 6.45) is 5.26. The summed E-state index contributed by atoms with van der Waals surface area (Å²) in [6, 6.07) is 0. The van der Waals surface area contributed by atoms with Crippen molar-refractivity contribution in [3.8, 4) is 0 Å². The Morgan fingerprint density at radius 1 is 1.58 bits per heavy atom. The molecule has 2 aromatic rings. The topological polar surface area (TPSA) is 42.2 Å². The van der Waals surface area contributed by atoms with E-state index in [0.717, 1.165) is 15.8 Å². The van der Waals surface area contributed by atoms with Crippen LogP contribution in [0.3, 0.4) is 0 Å². The van der Waals surface area contributed by atoms with E-state index in [2.05, 4.69) is 31.3 Å². The Morgan fingerprint density at radius 3 is 3.17 bits per heavy atom. The second kappa shape index (κ2) is 2.75. The molecule has 0 saturated carbocycles. The fraction of sp³-hybridized carbons (Fsp3) is 0.143. The second-order valence-corrected chi connectivity index (χ2v) is 3.17. The molecule has 0 aliphatic carbocycles. The zero-order valence-corrected chi connectivity index (χ0v) is 8.04. The molecule has 0 radical (unpaired) electrons. The van der Waals surface area contributed by atoms with E-state index in [0.29, 0.717) is 0 Å². The minimum Gasteiger partial charge on any atom is -0.371 e. The zero-order valence-electron chi connectivity index (χ0n) is 6.45. The Morgan fingerprint density at radius 2 is 2.42 bits per heavy atom. The molecule has 12 heavy (non-hydrogen) atoms. The normalized spacial score (nSPS) is 10.5. The Hall–Kier alpha value is -1.10. The summed E-state index contributed by atoms with van der Waals surface area (Å²) >= 11 is 3.40. The van der Waals surface area contributed by atoms with E-state index in [-0.39, 0.29) is 0 Å². The summed E-state index contributed by atoms with van der Waals surface area (Å²) in [4.78, 5) is 4.16. The average Bonchev–Trinajstić information content (AvgIpc) is 2.48. The molecule has 2 aromatic heterocycles. The van der Waals surface area contributed by atoms with Gasteiger partial charge < -0.3 is 5.32 Å². The quantitative estimate of drug-likeness (QED) is 0.803. The van der Waals surface area contributed by atoms with Crippen LogP contribution in [0.25, 0.3) is 5.52 Å². The first-order valence-corrected chi connectivity index (χ1v) is 4.28. The van der Waals surface area contributed by atoms with Gasteiger partial charge in [0.25, 0.3) is 0 Å². The SMILES string of the molecule is CNc1nccn2ncc(Br)c12. The van der Waals surface area contributed by atoms with Gasteiger partial charge in [-0.3, -0.25) is 0 Å². The number of hydrogen-bond acceptors (Lipinski definition) is 3. The van der Waals surface area contributed by atoms with Gasteiger partial charge in [0.1, 0.15) is 5.52 Å². The molecule has 4 nitrogen and oxygen atoms in total. The fourth-order valence-electron chi connectivity index (χ4n) is 1.09. The summed E-state index contributed by atoms with van der Waals surface area (Å²) in [5.74, 6) is 0.821. The lowest BCUT2D eigenvalue weighted by Gasteiger charge is -2.00. The van der Waals surface area contributed by atoms with Gasteiger partial charge in [-0.05, 0) is 15.9 Å². The first-order chi connectivity index (χ1) is 5.83. The number of rotatable bonds is 1. The van der Waals surface area contributed by atoms with E-state index in [1.807, 2.05) is 7.05 Å². The highest BCUT2D eigenvalue weighted by Crippen LogP contribution is 2.22. The van der Waals surface area contributed by atoms with Crippen molar-refractivity contribution in [2.24, 2.45) is 0 Å². The van der Waals surface area contributed by atoms with Crippen LogP contribution in [-0.2, 0) is 0 Å². The van der Waals surface area contributed by atoms with E-state index in [4.69, 9.17) is 0 Å². The Balaban J connectivity index is 2.84. The Labute approximate surface area is 77.7 Å². The molecule has 0 atom stereocenters. The van der Waals surface area contributed by atoms with Crippen molar-refractivity contribution >= 4 is 27.3 Å². The van der Waals surface area contributed by atoms with Crippen molar-refractivity contribution in [2.75, 3.05) is 12.4 Å². The Bertz CT molecular complexity index is 409. The van der Waals surface area contributed by atoms with Gasteiger partial charge in [0.2, 0.25) is 0 Å². The summed E-state index contributed by atoms with van der Waals surface area (Å²) in [6.45, 7) is 0. The molecule has 1 N–H and O–H groups in total. The molecule has 2 rings (SSSR count). The summed E-state index contributed by atoms with van der Waals surface area (Å²) in [7, 11) is 1.84. The van der Waals surface area contributed by atoms with Crippen LogP contribution in [0.2, 0.25) is 0 Å². The van der Waals surface area contributed by atoms with Gasteiger partial charge in [-0.2, -0.15) is 5.10 Å². The molecule has 0 amide bonds. The van der Waals surface area contributed by atoms with Crippen molar-refractivity contribution < 1.29 is 0 Å². The van der Waals surface area contributed by atoms with Gasteiger partial charge in [-0.15, -0.1) is 0 Å². The van der Waals surface area contributed by atoms with Crippen molar-refractivity contribution in [1.29, 1.82) is 0 Å². The standard InChI is InChI=1S/C7H7BrN4/c1-9-7-6-5(8)4-11-12(6)3-2-10-7/h2-4H,1H3,(H,9,10). The zero-order chi connectivity index (χ0) is 8.55. The van der Waals surface area contributed by atoms with Crippen LogP contribution in [0.5, 0.6) is 0 Å². The minimum atomic E-state index is 0.821. The number of aromatic nitrogens is 3. The molecule has 0 aromatic carbocycles. The molecule has 0 aliphatic rings. The molecule has 62 valence electrons. The molecule has 0 unspecified atom stereocenters. The van der Waals surface area contributed by atoms with Crippen molar-refractivity contribution in [2.45, 2.75) is 0 Å². The van der Waals surface area contributed by atoms with Crippen LogP contribution in [0.1, 0.15) is 0 Å². The summed E-state index contributed by atoms with van der Waals surface area (Å²) in [5, 5.41) is 7.11. The monoisotopic (exact) mass is 226 g/mol. The number of nitrogens with zero attached hydrogens (tertiary/aromatic N) is 3. The smallest absolute Gasteiger partial charge is 0.152 e. The van der Waals surface area contributed by atoms with Crippen LogP contribution in [-0.4, -0.2) is 21.6 Å². The number of nitrogens with one attached hydrogen (secondary N) is 1. The highest BCUT2D eigenvalue weighted by molar-refractivity contribution is 9.10. The predicted molar refractivity (Wildman–Crippen MR) is 50.2 cm³/mol. The van der Waals surface area contributed by atoms with Crippen molar-refractivity contribution in [3.05, 3.63) is 23.1 Å². The highest BCUT2D eigenvalue weighted by atomic mass is 79.9. The van der Waals surface area contributed by atoms with Gasteiger partial charge in [-0.25, -0.2) is 9.50 Å². The van der Waals surface area contributed by atoms with Crippen LogP contribution < -0.4 is 5.32 Å². The minimum absolute atomic E-state index is 0.821.